The minimum Gasteiger partial charge on any atom is -0.345 e. The summed E-state index contributed by atoms with van der Waals surface area (Å²) in [4.78, 5) is 21.7. The number of rotatable bonds is 4. The minimum absolute atomic E-state index is 0.690. The molecule has 20 heavy (non-hydrogen) atoms. The summed E-state index contributed by atoms with van der Waals surface area (Å²) < 4.78 is 0. The van der Waals surface area contributed by atoms with Crippen LogP contribution in [0.25, 0.3) is 0 Å². The van der Waals surface area contributed by atoms with Gasteiger partial charge in [0, 0.05) is 25.7 Å². The molecule has 1 atom stereocenters. The van der Waals surface area contributed by atoms with Gasteiger partial charge in [0.05, 0.1) is 10.6 Å². The van der Waals surface area contributed by atoms with Gasteiger partial charge in [-0.3, -0.25) is 9.69 Å². The molecule has 2 aliphatic heterocycles. The van der Waals surface area contributed by atoms with Gasteiger partial charge < -0.3 is 4.90 Å². The van der Waals surface area contributed by atoms with Crippen LogP contribution in [0.4, 0.5) is 5.13 Å². The van der Waals surface area contributed by atoms with Crippen molar-refractivity contribution in [1.82, 2.24) is 9.88 Å². The highest BCUT2D eigenvalue weighted by molar-refractivity contribution is 7.17. The molecule has 1 aromatic rings. The van der Waals surface area contributed by atoms with Crippen LogP contribution in [-0.4, -0.2) is 48.4 Å². The predicted octanol–water partition coefficient (Wildman–Crippen LogP) is 2.58. The number of fused-ring (bicyclic) bond motifs is 1. The molecule has 2 aliphatic rings. The normalized spacial score (nSPS) is 23.6. The van der Waals surface area contributed by atoms with E-state index in [9.17, 15) is 4.79 Å². The van der Waals surface area contributed by atoms with Crippen LogP contribution in [0.15, 0.2) is 0 Å². The van der Waals surface area contributed by atoms with Crippen molar-refractivity contribution in [2.24, 2.45) is 0 Å². The Hall–Kier alpha value is -0.940. The fourth-order valence-corrected chi connectivity index (χ4v) is 4.28. The first-order valence-electron chi connectivity index (χ1n) is 7.75. The SMILES string of the molecule is CCCc1nc(N2CCN3CCCCC3C2)sc1C=O. The molecule has 0 aromatic carbocycles. The van der Waals surface area contributed by atoms with Crippen LogP contribution < -0.4 is 4.90 Å². The van der Waals surface area contributed by atoms with Gasteiger partial charge in [-0.05, 0) is 25.8 Å². The Balaban J connectivity index is 1.74. The molecular weight excluding hydrogens is 270 g/mol. The molecule has 5 heteroatoms. The molecule has 3 rings (SSSR count). The van der Waals surface area contributed by atoms with E-state index in [1.54, 1.807) is 11.3 Å². The number of aryl methyl sites for hydroxylation is 1. The van der Waals surface area contributed by atoms with Gasteiger partial charge in [-0.2, -0.15) is 0 Å². The van der Waals surface area contributed by atoms with Crippen LogP contribution in [0.5, 0.6) is 0 Å². The lowest BCUT2D eigenvalue weighted by atomic mass is 10.00. The van der Waals surface area contributed by atoms with Crippen LogP contribution in [-0.2, 0) is 6.42 Å². The highest BCUT2D eigenvalue weighted by Gasteiger charge is 2.30. The number of anilines is 1. The molecule has 0 radical (unpaired) electrons. The summed E-state index contributed by atoms with van der Waals surface area (Å²) in [6.45, 7) is 6.67. The second-order valence-corrected chi connectivity index (χ2v) is 6.82. The molecule has 3 heterocycles. The summed E-state index contributed by atoms with van der Waals surface area (Å²) >= 11 is 1.57. The van der Waals surface area contributed by atoms with E-state index in [1.165, 1.54) is 25.8 Å². The zero-order valence-corrected chi connectivity index (χ0v) is 13.0. The molecule has 110 valence electrons. The van der Waals surface area contributed by atoms with E-state index in [0.717, 1.165) is 54.5 Å². The molecule has 0 aliphatic carbocycles. The largest absolute Gasteiger partial charge is 0.345 e. The van der Waals surface area contributed by atoms with Crippen molar-refractivity contribution in [3.8, 4) is 0 Å². The zero-order valence-electron chi connectivity index (χ0n) is 12.2. The topological polar surface area (TPSA) is 36.4 Å². The number of aldehydes is 1. The Bertz CT molecular complexity index is 474. The van der Waals surface area contributed by atoms with Crippen molar-refractivity contribution in [2.75, 3.05) is 31.1 Å². The quantitative estimate of drug-likeness (QED) is 0.800. The van der Waals surface area contributed by atoms with Crippen molar-refractivity contribution < 1.29 is 4.79 Å². The Morgan fingerprint density at radius 1 is 1.35 bits per heavy atom. The van der Waals surface area contributed by atoms with E-state index in [1.807, 2.05) is 0 Å². The summed E-state index contributed by atoms with van der Waals surface area (Å²) in [5, 5.41) is 1.06. The number of aromatic nitrogens is 1. The lowest BCUT2D eigenvalue weighted by Crippen LogP contribution is -2.54. The van der Waals surface area contributed by atoms with Gasteiger partial charge in [0.2, 0.25) is 0 Å². The zero-order chi connectivity index (χ0) is 13.9. The van der Waals surface area contributed by atoms with Gasteiger partial charge in [0.15, 0.2) is 11.4 Å². The third kappa shape index (κ3) is 2.74. The maximum Gasteiger partial charge on any atom is 0.186 e. The summed E-state index contributed by atoms with van der Waals surface area (Å²) in [7, 11) is 0. The number of piperazine rings is 1. The highest BCUT2D eigenvalue weighted by atomic mass is 32.1. The van der Waals surface area contributed by atoms with Crippen LogP contribution in [0.1, 0.15) is 48.0 Å². The number of carbonyl (C=O) groups excluding carboxylic acids is 1. The third-order valence-corrected chi connectivity index (χ3v) is 5.50. The van der Waals surface area contributed by atoms with Crippen molar-refractivity contribution in [1.29, 1.82) is 0 Å². The monoisotopic (exact) mass is 293 g/mol. The van der Waals surface area contributed by atoms with E-state index in [4.69, 9.17) is 4.98 Å². The molecule has 2 saturated heterocycles. The van der Waals surface area contributed by atoms with Gasteiger partial charge >= 0.3 is 0 Å². The number of hydrogen-bond donors (Lipinski definition) is 0. The molecule has 0 spiro atoms. The predicted molar refractivity (Wildman–Crippen MR) is 82.9 cm³/mol. The number of nitrogens with zero attached hydrogens (tertiary/aromatic N) is 3. The Morgan fingerprint density at radius 2 is 2.25 bits per heavy atom. The molecular formula is C15H23N3OS. The fraction of sp³-hybridized carbons (Fsp3) is 0.733. The highest BCUT2D eigenvalue weighted by Crippen LogP contribution is 2.30. The van der Waals surface area contributed by atoms with Crippen molar-refractivity contribution in [3.63, 3.8) is 0 Å². The van der Waals surface area contributed by atoms with E-state index >= 15 is 0 Å². The number of carbonyl (C=O) groups is 1. The molecule has 0 N–H and O–H groups in total. The van der Waals surface area contributed by atoms with Crippen molar-refractivity contribution in [3.05, 3.63) is 10.6 Å². The van der Waals surface area contributed by atoms with Crippen molar-refractivity contribution >= 4 is 22.8 Å². The first-order chi connectivity index (χ1) is 9.81. The number of piperidine rings is 1. The molecule has 0 bridgehead atoms. The molecule has 2 fully saturated rings. The smallest absolute Gasteiger partial charge is 0.186 e. The average Bonchev–Trinajstić information content (AvgIpc) is 2.90. The van der Waals surface area contributed by atoms with E-state index < -0.39 is 0 Å². The summed E-state index contributed by atoms with van der Waals surface area (Å²) in [5.74, 6) is 0. The summed E-state index contributed by atoms with van der Waals surface area (Å²) in [6, 6.07) is 0.690. The summed E-state index contributed by atoms with van der Waals surface area (Å²) in [5.41, 5.74) is 0.994. The van der Waals surface area contributed by atoms with Gasteiger partial charge in [0.25, 0.3) is 0 Å². The fourth-order valence-electron chi connectivity index (χ4n) is 3.32. The van der Waals surface area contributed by atoms with E-state index in [2.05, 4.69) is 16.7 Å². The Labute approximate surface area is 124 Å². The van der Waals surface area contributed by atoms with Gasteiger partial charge in [-0.25, -0.2) is 4.98 Å². The van der Waals surface area contributed by atoms with E-state index in [-0.39, 0.29) is 0 Å². The minimum atomic E-state index is 0.690. The van der Waals surface area contributed by atoms with Crippen LogP contribution in [0.2, 0.25) is 0 Å². The van der Waals surface area contributed by atoms with E-state index in [0.29, 0.717) is 6.04 Å². The average molecular weight is 293 g/mol. The molecule has 0 amide bonds. The Morgan fingerprint density at radius 3 is 3.05 bits per heavy atom. The number of thiazole rings is 1. The first-order valence-corrected chi connectivity index (χ1v) is 8.57. The van der Waals surface area contributed by atoms with Crippen LogP contribution in [0, 0.1) is 0 Å². The van der Waals surface area contributed by atoms with Gasteiger partial charge in [0.1, 0.15) is 0 Å². The maximum absolute atomic E-state index is 11.2. The maximum atomic E-state index is 11.2. The Kier molecular flexibility index (Phi) is 4.36. The lowest BCUT2D eigenvalue weighted by Gasteiger charge is -2.44. The van der Waals surface area contributed by atoms with Crippen molar-refractivity contribution in [2.45, 2.75) is 45.1 Å². The van der Waals surface area contributed by atoms with Gasteiger partial charge in [-0.15, -0.1) is 0 Å². The second-order valence-electron chi connectivity index (χ2n) is 5.81. The molecule has 1 aromatic heterocycles. The van der Waals surface area contributed by atoms with Gasteiger partial charge in [-0.1, -0.05) is 31.1 Å². The standard InChI is InChI=1S/C15H23N3OS/c1-2-5-13-14(11-19)20-15(16-13)18-9-8-17-7-4-3-6-12(17)10-18/h11-12H,2-10H2,1H3. The molecule has 4 nitrogen and oxygen atoms in total. The third-order valence-electron chi connectivity index (χ3n) is 4.42. The summed E-state index contributed by atoms with van der Waals surface area (Å²) in [6.07, 6.45) is 6.94. The first kappa shape index (κ1) is 14.0. The number of hydrogen-bond acceptors (Lipinski definition) is 5. The molecule has 1 unspecified atom stereocenters. The molecule has 0 saturated carbocycles. The van der Waals surface area contributed by atoms with Crippen LogP contribution >= 0.6 is 11.3 Å². The second kappa shape index (κ2) is 6.22. The lowest BCUT2D eigenvalue weighted by molar-refractivity contribution is 0.112. The van der Waals surface area contributed by atoms with Crippen LogP contribution in [0.3, 0.4) is 0 Å².